The van der Waals surface area contributed by atoms with Crippen molar-refractivity contribution in [2.75, 3.05) is 13.2 Å². The summed E-state index contributed by atoms with van der Waals surface area (Å²) >= 11 is 6.13. The van der Waals surface area contributed by atoms with E-state index in [-0.39, 0.29) is 28.1 Å². The van der Waals surface area contributed by atoms with Gasteiger partial charge in [0.1, 0.15) is 10.7 Å². The first-order valence-electron chi connectivity index (χ1n) is 10.00. The molecule has 2 atom stereocenters. The van der Waals surface area contributed by atoms with E-state index >= 15 is 0 Å². The Hall–Kier alpha value is -2.46. The third-order valence-electron chi connectivity index (χ3n) is 5.17. The van der Waals surface area contributed by atoms with Gasteiger partial charge >= 0.3 is 0 Å². The summed E-state index contributed by atoms with van der Waals surface area (Å²) in [6.45, 7) is 2.59. The van der Waals surface area contributed by atoms with Crippen LogP contribution in [0, 0.1) is 0 Å². The number of benzene rings is 2. The summed E-state index contributed by atoms with van der Waals surface area (Å²) < 4.78 is 33.4. The number of hydrogen-bond donors (Lipinski definition) is 3. The Morgan fingerprint density at radius 3 is 2.87 bits per heavy atom. The second-order valence-corrected chi connectivity index (χ2v) is 9.61. The van der Waals surface area contributed by atoms with E-state index in [0.717, 1.165) is 23.9 Å². The normalized spacial score (nSPS) is 17.7. The number of sulfonamides is 1. The van der Waals surface area contributed by atoms with Crippen LogP contribution in [-0.4, -0.2) is 43.5 Å². The molecule has 1 amide bonds. The van der Waals surface area contributed by atoms with E-state index in [4.69, 9.17) is 16.3 Å². The third-order valence-corrected chi connectivity index (χ3v) is 7.08. The van der Waals surface area contributed by atoms with Crippen LogP contribution in [0.25, 0.3) is 11.0 Å². The second-order valence-electron chi connectivity index (χ2n) is 7.47. The number of hydrogen-bond acceptors (Lipinski definition) is 5. The van der Waals surface area contributed by atoms with Crippen LogP contribution in [0.3, 0.4) is 0 Å². The first-order valence-corrected chi connectivity index (χ1v) is 11.9. The second kappa shape index (κ2) is 8.96. The van der Waals surface area contributed by atoms with E-state index in [2.05, 4.69) is 20.0 Å². The number of H-pyrrole nitrogens is 1. The van der Waals surface area contributed by atoms with Crippen molar-refractivity contribution in [3.8, 4) is 0 Å². The predicted octanol–water partition coefficient (Wildman–Crippen LogP) is 3.16. The van der Waals surface area contributed by atoms with Gasteiger partial charge in [-0.1, -0.05) is 23.7 Å². The number of para-hydroxylation sites is 2. The van der Waals surface area contributed by atoms with Crippen LogP contribution in [0.5, 0.6) is 0 Å². The smallest absolute Gasteiger partial charge is 0.251 e. The molecule has 3 aromatic rings. The number of nitrogens with zero attached hydrogens (tertiary/aromatic N) is 1. The molecule has 1 aliphatic heterocycles. The molecule has 10 heteroatoms. The van der Waals surface area contributed by atoms with Crippen molar-refractivity contribution in [1.82, 2.24) is 20.0 Å². The fourth-order valence-electron chi connectivity index (χ4n) is 3.46. The van der Waals surface area contributed by atoms with Gasteiger partial charge in [-0.15, -0.1) is 0 Å². The van der Waals surface area contributed by atoms with Crippen LogP contribution >= 0.6 is 11.6 Å². The number of amides is 1. The molecule has 0 saturated carbocycles. The summed E-state index contributed by atoms with van der Waals surface area (Å²) in [5, 5.41) is 2.88. The standard InChI is InChI=1S/C21H23ClN4O4S/c1-13(20-25-17-6-2-3-7-18(17)26-20)24-21(27)14-8-9-16(22)19(11-14)31(28,29)23-12-15-5-4-10-30-15/h2-3,6-9,11,13,15,23H,4-5,10,12H2,1H3,(H,24,27)(H,25,26)/t13-,15-/m0/s1. The molecule has 0 bridgehead atoms. The summed E-state index contributed by atoms with van der Waals surface area (Å²) in [6, 6.07) is 11.3. The zero-order chi connectivity index (χ0) is 22.0. The van der Waals surface area contributed by atoms with Gasteiger partial charge in [-0.2, -0.15) is 0 Å². The Morgan fingerprint density at radius 1 is 1.32 bits per heavy atom. The lowest BCUT2D eigenvalue weighted by atomic mass is 10.2. The number of nitrogens with one attached hydrogen (secondary N) is 3. The fourth-order valence-corrected chi connectivity index (χ4v) is 5.05. The molecule has 1 fully saturated rings. The van der Waals surface area contributed by atoms with Gasteiger partial charge in [-0.3, -0.25) is 4.79 Å². The van der Waals surface area contributed by atoms with Gasteiger partial charge in [0, 0.05) is 18.7 Å². The molecular weight excluding hydrogens is 440 g/mol. The number of carbonyl (C=O) groups excluding carboxylic acids is 1. The number of aromatic nitrogens is 2. The number of rotatable bonds is 7. The largest absolute Gasteiger partial charge is 0.377 e. The molecule has 0 aliphatic carbocycles. The van der Waals surface area contributed by atoms with Gasteiger partial charge < -0.3 is 15.0 Å². The first kappa shape index (κ1) is 21.8. The minimum atomic E-state index is -3.89. The zero-order valence-corrected chi connectivity index (χ0v) is 18.5. The van der Waals surface area contributed by atoms with Crippen molar-refractivity contribution < 1.29 is 17.9 Å². The molecule has 1 aromatic heterocycles. The Morgan fingerprint density at radius 2 is 2.13 bits per heavy atom. The van der Waals surface area contributed by atoms with Crippen molar-refractivity contribution in [2.24, 2.45) is 0 Å². The van der Waals surface area contributed by atoms with E-state index in [1.165, 1.54) is 18.2 Å². The number of carbonyl (C=O) groups is 1. The molecular formula is C21H23ClN4O4S. The molecule has 2 heterocycles. The summed E-state index contributed by atoms with van der Waals surface area (Å²) in [4.78, 5) is 20.3. The summed E-state index contributed by atoms with van der Waals surface area (Å²) in [5.41, 5.74) is 1.86. The maximum Gasteiger partial charge on any atom is 0.251 e. The first-order chi connectivity index (χ1) is 14.8. The molecule has 8 nitrogen and oxygen atoms in total. The number of aromatic amines is 1. The van der Waals surface area contributed by atoms with Crippen molar-refractivity contribution in [3.05, 3.63) is 58.9 Å². The molecule has 0 spiro atoms. The van der Waals surface area contributed by atoms with Gasteiger partial charge in [-0.25, -0.2) is 18.1 Å². The van der Waals surface area contributed by atoms with Crippen LogP contribution in [0.15, 0.2) is 47.4 Å². The maximum absolute atomic E-state index is 12.8. The highest BCUT2D eigenvalue weighted by atomic mass is 35.5. The minimum absolute atomic E-state index is 0.0433. The summed E-state index contributed by atoms with van der Waals surface area (Å²) in [6.07, 6.45) is 1.56. The molecule has 4 rings (SSSR count). The maximum atomic E-state index is 12.8. The highest BCUT2D eigenvalue weighted by Crippen LogP contribution is 2.24. The van der Waals surface area contributed by atoms with Gasteiger partial charge in [-0.05, 0) is 50.1 Å². The summed E-state index contributed by atoms with van der Waals surface area (Å²) in [5.74, 6) is 0.176. The van der Waals surface area contributed by atoms with Crippen LogP contribution in [0.1, 0.15) is 42.0 Å². The highest BCUT2D eigenvalue weighted by Gasteiger charge is 2.24. The van der Waals surface area contributed by atoms with Crippen LogP contribution < -0.4 is 10.0 Å². The third kappa shape index (κ3) is 4.90. The SMILES string of the molecule is C[C@H](NC(=O)c1ccc(Cl)c(S(=O)(=O)NC[C@@H]2CCCO2)c1)c1nc2ccccc2[nH]1. The van der Waals surface area contributed by atoms with E-state index < -0.39 is 22.0 Å². The molecule has 0 radical (unpaired) electrons. The lowest BCUT2D eigenvalue weighted by Crippen LogP contribution is -2.32. The highest BCUT2D eigenvalue weighted by molar-refractivity contribution is 7.89. The predicted molar refractivity (Wildman–Crippen MR) is 118 cm³/mol. The fraction of sp³-hybridized carbons (Fsp3) is 0.333. The van der Waals surface area contributed by atoms with Gasteiger partial charge in [0.05, 0.1) is 28.2 Å². The van der Waals surface area contributed by atoms with Crippen molar-refractivity contribution in [1.29, 1.82) is 0 Å². The van der Waals surface area contributed by atoms with E-state index in [0.29, 0.717) is 12.4 Å². The molecule has 1 aliphatic rings. The van der Waals surface area contributed by atoms with Crippen LogP contribution in [0.2, 0.25) is 5.02 Å². The molecule has 1 saturated heterocycles. The van der Waals surface area contributed by atoms with Gasteiger partial charge in [0.2, 0.25) is 10.0 Å². The Kier molecular flexibility index (Phi) is 6.29. The molecule has 0 unspecified atom stereocenters. The molecule has 31 heavy (non-hydrogen) atoms. The monoisotopic (exact) mass is 462 g/mol. The van der Waals surface area contributed by atoms with E-state index in [1.807, 2.05) is 24.3 Å². The number of imidazole rings is 1. The lowest BCUT2D eigenvalue weighted by Gasteiger charge is -2.14. The van der Waals surface area contributed by atoms with Gasteiger partial charge in [0.25, 0.3) is 5.91 Å². The number of halogens is 1. The number of fused-ring (bicyclic) bond motifs is 1. The summed E-state index contributed by atoms with van der Waals surface area (Å²) in [7, 11) is -3.89. The quantitative estimate of drug-likeness (QED) is 0.499. The Balaban J connectivity index is 1.49. The van der Waals surface area contributed by atoms with Crippen molar-refractivity contribution >= 4 is 38.6 Å². The Bertz CT molecular complexity index is 1170. The average Bonchev–Trinajstić information content (AvgIpc) is 3.42. The number of ether oxygens (including phenoxy) is 1. The van der Waals surface area contributed by atoms with Gasteiger partial charge in [0.15, 0.2) is 0 Å². The average molecular weight is 463 g/mol. The van der Waals surface area contributed by atoms with Crippen LogP contribution in [0.4, 0.5) is 0 Å². The topological polar surface area (TPSA) is 113 Å². The molecule has 164 valence electrons. The zero-order valence-electron chi connectivity index (χ0n) is 16.9. The van der Waals surface area contributed by atoms with Crippen molar-refractivity contribution in [2.45, 2.75) is 36.8 Å². The minimum Gasteiger partial charge on any atom is -0.377 e. The van der Waals surface area contributed by atoms with E-state index in [9.17, 15) is 13.2 Å². The molecule has 2 aromatic carbocycles. The molecule has 3 N–H and O–H groups in total. The Labute approximate surface area is 185 Å². The van der Waals surface area contributed by atoms with Crippen LogP contribution in [-0.2, 0) is 14.8 Å². The van der Waals surface area contributed by atoms with E-state index in [1.54, 1.807) is 6.92 Å². The van der Waals surface area contributed by atoms with Crippen molar-refractivity contribution in [3.63, 3.8) is 0 Å². The lowest BCUT2D eigenvalue weighted by molar-refractivity contribution is 0.0938.